The van der Waals surface area contributed by atoms with Crippen molar-refractivity contribution in [2.24, 2.45) is 10.9 Å². The average Bonchev–Trinajstić information content (AvgIpc) is 2.93. The van der Waals surface area contributed by atoms with Gasteiger partial charge in [-0.15, -0.1) is 0 Å². The first-order chi connectivity index (χ1) is 18.0. The van der Waals surface area contributed by atoms with Gasteiger partial charge < -0.3 is 14.8 Å². The first-order valence-corrected chi connectivity index (χ1v) is 12.5. The molecular weight excluding hydrogens is 460 g/mol. The lowest BCUT2D eigenvalue weighted by Gasteiger charge is -2.16. The van der Waals surface area contributed by atoms with Crippen LogP contribution >= 0.6 is 0 Å². The zero-order valence-corrected chi connectivity index (χ0v) is 21.7. The Balaban J connectivity index is 1.66. The van der Waals surface area contributed by atoms with Crippen molar-refractivity contribution < 1.29 is 14.3 Å². The summed E-state index contributed by atoms with van der Waals surface area (Å²) >= 11 is 0. The molecule has 0 aliphatic carbocycles. The van der Waals surface area contributed by atoms with Crippen LogP contribution in [-0.4, -0.2) is 18.7 Å². The van der Waals surface area contributed by atoms with E-state index >= 15 is 0 Å². The SMILES string of the molecule is CCC(C)C(=Nc1cc(C(=O)Nc2ccccc2OC)ccc1C)c1cccc(Oc2ccccc2)c1. The highest BCUT2D eigenvalue weighted by Gasteiger charge is 2.16. The molecule has 0 radical (unpaired) electrons. The molecule has 37 heavy (non-hydrogen) atoms. The van der Waals surface area contributed by atoms with Crippen LogP contribution in [0, 0.1) is 12.8 Å². The maximum Gasteiger partial charge on any atom is 0.255 e. The van der Waals surface area contributed by atoms with Crippen LogP contribution in [-0.2, 0) is 0 Å². The molecule has 0 bridgehead atoms. The summed E-state index contributed by atoms with van der Waals surface area (Å²) in [6, 6.07) is 30.7. The van der Waals surface area contributed by atoms with Gasteiger partial charge >= 0.3 is 0 Å². The third kappa shape index (κ3) is 6.44. The van der Waals surface area contributed by atoms with Crippen LogP contribution in [0.4, 0.5) is 11.4 Å². The lowest BCUT2D eigenvalue weighted by atomic mass is 9.95. The maximum atomic E-state index is 13.1. The third-order valence-electron chi connectivity index (χ3n) is 6.26. The molecular formula is C32H32N2O3. The predicted octanol–water partition coefficient (Wildman–Crippen LogP) is 8.22. The number of ether oxygens (including phenoxy) is 2. The Morgan fingerprint density at radius 1 is 0.865 bits per heavy atom. The number of rotatable bonds is 9. The van der Waals surface area contributed by atoms with E-state index in [2.05, 4.69) is 25.2 Å². The van der Waals surface area contributed by atoms with Gasteiger partial charge in [-0.3, -0.25) is 9.79 Å². The molecule has 0 saturated carbocycles. The minimum Gasteiger partial charge on any atom is -0.495 e. The van der Waals surface area contributed by atoms with E-state index in [0.717, 1.165) is 40.4 Å². The average molecular weight is 493 g/mol. The summed E-state index contributed by atoms with van der Waals surface area (Å²) in [5, 5.41) is 2.95. The fourth-order valence-corrected chi connectivity index (χ4v) is 3.94. The van der Waals surface area contributed by atoms with Crippen LogP contribution in [0.2, 0.25) is 0 Å². The number of benzene rings is 4. The van der Waals surface area contributed by atoms with Gasteiger partial charge in [-0.25, -0.2) is 0 Å². The van der Waals surface area contributed by atoms with Gasteiger partial charge in [0, 0.05) is 5.56 Å². The number of methoxy groups -OCH3 is 1. The van der Waals surface area contributed by atoms with Crippen molar-refractivity contribution in [1.29, 1.82) is 0 Å². The molecule has 5 heteroatoms. The third-order valence-corrected chi connectivity index (χ3v) is 6.26. The molecule has 5 nitrogen and oxygen atoms in total. The van der Waals surface area contributed by atoms with E-state index in [-0.39, 0.29) is 11.8 Å². The summed E-state index contributed by atoms with van der Waals surface area (Å²) in [5.41, 5.74) is 4.84. The molecule has 0 fully saturated rings. The first kappa shape index (κ1) is 25.7. The monoisotopic (exact) mass is 492 g/mol. The summed E-state index contributed by atoms with van der Waals surface area (Å²) in [7, 11) is 1.58. The van der Waals surface area contributed by atoms with Gasteiger partial charge in [-0.2, -0.15) is 0 Å². The zero-order chi connectivity index (χ0) is 26.2. The summed E-state index contributed by atoms with van der Waals surface area (Å²) in [5.74, 6) is 2.13. The van der Waals surface area contributed by atoms with E-state index in [9.17, 15) is 4.79 Å². The fourth-order valence-electron chi connectivity index (χ4n) is 3.94. The number of hydrogen-bond acceptors (Lipinski definition) is 4. The lowest BCUT2D eigenvalue weighted by molar-refractivity contribution is 0.102. The first-order valence-electron chi connectivity index (χ1n) is 12.5. The van der Waals surface area contributed by atoms with Crippen LogP contribution < -0.4 is 14.8 Å². The van der Waals surface area contributed by atoms with Gasteiger partial charge in [0.05, 0.1) is 24.2 Å². The summed E-state index contributed by atoms with van der Waals surface area (Å²) in [4.78, 5) is 18.2. The van der Waals surface area contributed by atoms with E-state index in [1.54, 1.807) is 7.11 Å². The highest BCUT2D eigenvalue weighted by atomic mass is 16.5. The van der Waals surface area contributed by atoms with Gasteiger partial charge in [-0.05, 0) is 78.9 Å². The highest BCUT2D eigenvalue weighted by Crippen LogP contribution is 2.29. The van der Waals surface area contributed by atoms with Gasteiger partial charge in [0.2, 0.25) is 0 Å². The number of aryl methyl sites for hydroxylation is 1. The van der Waals surface area contributed by atoms with Gasteiger partial charge in [0.25, 0.3) is 5.91 Å². The quantitative estimate of drug-likeness (QED) is 0.239. The molecule has 188 valence electrons. The number of para-hydroxylation sites is 3. The molecule has 1 amide bonds. The molecule has 4 aromatic carbocycles. The minimum absolute atomic E-state index is 0.206. The Bertz CT molecular complexity index is 1400. The van der Waals surface area contributed by atoms with Crippen molar-refractivity contribution >= 4 is 23.0 Å². The Hall–Kier alpha value is -4.38. The summed E-state index contributed by atoms with van der Waals surface area (Å²) in [6.45, 7) is 6.32. The number of hydrogen-bond donors (Lipinski definition) is 1. The molecule has 1 atom stereocenters. The molecule has 1 N–H and O–H groups in total. The van der Waals surface area contributed by atoms with E-state index in [0.29, 0.717) is 17.0 Å². The van der Waals surface area contributed by atoms with E-state index in [1.807, 2.05) is 97.9 Å². The smallest absolute Gasteiger partial charge is 0.255 e. The molecule has 0 saturated heterocycles. The number of carbonyl (C=O) groups excluding carboxylic acids is 1. The predicted molar refractivity (Wildman–Crippen MR) is 151 cm³/mol. The molecule has 4 rings (SSSR count). The number of nitrogens with one attached hydrogen (secondary N) is 1. The Morgan fingerprint density at radius 2 is 1.59 bits per heavy atom. The number of anilines is 1. The number of carbonyl (C=O) groups is 1. The van der Waals surface area contributed by atoms with Gasteiger partial charge in [0.1, 0.15) is 17.2 Å². The largest absolute Gasteiger partial charge is 0.495 e. The number of nitrogens with zero attached hydrogens (tertiary/aromatic N) is 1. The van der Waals surface area contributed by atoms with Crippen molar-refractivity contribution in [3.8, 4) is 17.2 Å². The van der Waals surface area contributed by atoms with Crippen LogP contribution in [0.15, 0.2) is 102 Å². The molecule has 0 aliphatic heterocycles. The van der Waals surface area contributed by atoms with E-state index in [4.69, 9.17) is 14.5 Å². The second-order valence-electron chi connectivity index (χ2n) is 8.90. The Kier molecular flexibility index (Phi) is 8.37. The van der Waals surface area contributed by atoms with E-state index in [1.165, 1.54) is 0 Å². The fraction of sp³-hybridized carbons (Fsp3) is 0.188. The Labute approximate surface area is 218 Å². The van der Waals surface area contributed by atoms with Crippen LogP contribution in [0.25, 0.3) is 0 Å². The summed E-state index contributed by atoms with van der Waals surface area (Å²) in [6.07, 6.45) is 0.926. The highest BCUT2D eigenvalue weighted by molar-refractivity contribution is 6.07. The van der Waals surface area contributed by atoms with Crippen molar-refractivity contribution in [3.63, 3.8) is 0 Å². The lowest BCUT2D eigenvalue weighted by Crippen LogP contribution is -2.13. The van der Waals surface area contributed by atoms with Crippen molar-refractivity contribution in [2.45, 2.75) is 27.2 Å². The van der Waals surface area contributed by atoms with Crippen LogP contribution in [0.1, 0.15) is 41.8 Å². The normalized spacial score (nSPS) is 12.1. The second-order valence-corrected chi connectivity index (χ2v) is 8.90. The number of amides is 1. The van der Waals surface area contributed by atoms with Crippen molar-refractivity contribution in [1.82, 2.24) is 0 Å². The van der Waals surface area contributed by atoms with Crippen LogP contribution in [0.5, 0.6) is 17.2 Å². The van der Waals surface area contributed by atoms with Gasteiger partial charge in [0.15, 0.2) is 0 Å². The van der Waals surface area contributed by atoms with Crippen molar-refractivity contribution in [2.75, 3.05) is 12.4 Å². The van der Waals surface area contributed by atoms with E-state index < -0.39 is 0 Å². The topological polar surface area (TPSA) is 59.9 Å². The second kappa shape index (κ2) is 12.0. The Morgan fingerprint density at radius 3 is 2.35 bits per heavy atom. The molecule has 1 unspecified atom stereocenters. The molecule has 0 spiro atoms. The minimum atomic E-state index is -0.218. The maximum absolute atomic E-state index is 13.1. The standard InChI is InChI=1S/C32H32N2O3/c1-5-22(2)31(24-12-11-15-27(20-24)37-26-13-7-6-8-14-26)33-29-21-25(19-18-23(29)3)32(35)34-28-16-9-10-17-30(28)36-4/h6-22H,5H2,1-4H3,(H,34,35). The molecule has 0 heterocycles. The van der Waals surface area contributed by atoms with Gasteiger partial charge in [-0.1, -0.05) is 62.4 Å². The van der Waals surface area contributed by atoms with Crippen molar-refractivity contribution in [3.05, 3.63) is 114 Å². The molecule has 0 aliphatic rings. The zero-order valence-electron chi connectivity index (χ0n) is 21.7. The molecule has 0 aromatic heterocycles. The molecule has 4 aromatic rings. The number of aliphatic imine (C=N–C) groups is 1. The van der Waals surface area contributed by atoms with Crippen LogP contribution in [0.3, 0.4) is 0 Å². The summed E-state index contributed by atoms with van der Waals surface area (Å²) < 4.78 is 11.4.